The van der Waals surface area contributed by atoms with Gasteiger partial charge in [0.2, 0.25) is 23.6 Å². The fourth-order valence-electron chi connectivity index (χ4n) is 5.52. The first kappa shape index (κ1) is 34.2. The van der Waals surface area contributed by atoms with Crippen molar-refractivity contribution in [1.82, 2.24) is 26.6 Å². The highest BCUT2D eigenvalue weighted by Gasteiger charge is 2.44. The lowest BCUT2D eigenvalue weighted by molar-refractivity contribution is -0.137. The van der Waals surface area contributed by atoms with Crippen molar-refractivity contribution in [3.05, 3.63) is 59.9 Å². The van der Waals surface area contributed by atoms with Gasteiger partial charge in [-0.3, -0.25) is 24.0 Å². The Morgan fingerprint density at radius 3 is 2.41 bits per heavy atom. The number of fused-ring (bicyclic) bond motifs is 1. The number of para-hydroxylation sites is 1. The number of hydrogen-bond acceptors (Lipinski definition) is 7. The minimum Gasteiger partial charge on any atom is -0.492 e. The summed E-state index contributed by atoms with van der Waals surface area (Å²) >= 11 is 0. The minimum atomic E-state index is -1.31. The highest BCUT2D eigenvalue weighted by Crippen LogP contribution is 2.31. The molecule has 0 unspecified atom stereocenters. The molecule has 0 aromatic heterocycles. The fourth-order valence-corrected chi connectivity index (χ4v) is 5.52. The number of carbonyl (C=O) groups is 5. The smallest absolute Gasteiger partial charge is 0.255 e. The molecule has 1 spiro atoms. The molecule has 12 nitrogen and oxygen atoms in total. The van der Waals surface area contributed by atoms with E-state index in [1.807, 2.05) is 13.8 Å². The molecule has 5 N–H and O–H groups in total. The Balaban J connectivity index is 1.57. The Labute approximate surface area is 267 Å². The van der Waals surface area contributed by atoms with E-state index in [4.69, 9.17) is 9.47 Å². The van der Waals surface area contributed by atoms with Gasteiger partial charge in [-0.25, -0.2) is 4.39 Å². The third-order valence-electron chi connectivity index (χ3n) is 8.01. The molecule has 1 aliphatic heterocycles. The van der Waals surface area contributed by atoms with E-state index in [9.17, 15) is 28.4 Å². The number of nitrogens with one attached hydrogen (secondary N) is 5. The second kappa shape index (κ2) is 15.5. The van der Waals surface area contributed by atoms with Crippen molar-refractivity contribution in [2.24, 2.45) is 5.92 Å². The average molecular weight is 640 g/mol. The van der Waals surface area contributed by atoms with Crippen LogP contribution in [-0.4, -0.2) is 73.0 Å². The summed E-state index contributed by atoms with van der Waals surface area (Å²) in [6, 6.07) is 9.19. The van der Waals surface area contributed by atoms with Crippen LogP contribution in [0.5, 0.6) is 11.5 Å². The van der Waals surface area contributed by atoms with Gasteiger partial charge in [-0.05, 0) is 62.1 Å². The van der Waals surface area contributed by atoms with Gasteiger partial charge in [0.05, 0.1) is 24.6 Å². The number of halogens is 1. The highest BCUT2D eigenvalue weighted by atomic mass is 19.1. The van der Waals surface area contributed by atoms with Gasteiger partial charge in [-0.2, -0.15) is 0 Å². The Morgan fingerprint density at radius 1 is 1.02 bits per heavy atom. The molecule has 0 saturated heterocycles. The molecule has 5 amide bonds. The number of benzene rings is 2. The van der Waals surface area contributed by atoms with Crippen LogP contribution in [0.2, 0.25) is 0 Å². The van der Waals surface area contributed by atoms with Crippen LogP contribution in [0.4, 0.5) is 4.39 Å². The van der Waals surface area contributed by atoms with Crippen molar-refractivity contribution in [3.63, 3.8) is 0 Å². The maximum Gasteiger partial charge on any atom is 0.255 e. The van der Waals surface area contributed by atoms with E-state index < -0.39 is 65.4 Å². The molecule has 0 radical (unpaired) electrons. The largest absolute Gasteiger partial charge is 0.492 e. The van der Waals surface area contributed by atoms with E-state index in [0.717, 1.165) is 0 Å². The van der Waals surface area contributed by atoms with Crippen LogP contribution in [0.1, 0.15) is 63.2 Å². The number of carbonyl (C=O) groups excluding carboxylic acids is 5. The second-order valence-corrected chi connectivity index (χ2v) is 12.1. The van der Waals surface area contributed by atoms with E-state index >= 15 is 0 Å². The maximum atomic E-state index is 13.7. The van der Waals surface area contributed by atoms with Crippen LogP contribution in [0.25, 0.3) is 0 Å². The van der Waals surface area contributed by atoms with E-state index in [2.05, 4.69) is 26.6 Å². The average Bonchev–Trinajstić information content (AvgIpc) is 3.50. The fraction of sp³-hybridized carbons (Fsp3) is 0.485. The van der Waals surface area contributed by atoms with Crippen LogP contribution in [0.3, 0.4) is 0 Å². The first-order valence-electron chi connectivity index (χ1n) is 15.6. The normalized spacial score (nSPS) is 22.4. The van der Waals surface area contributed by atoms with Crippen molar-refractivity contribution in [2.45, 2.75) is 76.5 Å². The standard InChI is InChI=1S/C33H42FN5O7/c1-20(2)28-31(43)36-21(3)19-46-26-9-5-4-8-24(26)29(41)37-25(18-27(40)39-33(32(44)38-28)14-6-7-15-33)30(42)35-16-17-45-23-12-10-22(34)11-13-23/h4-5,8-13,20-21,25,28H,6-7,14-19H2,1-3H3,(H,35,42)(H,36,43)(H,37,41)(H,38,44)(H,39,40)/t21-,25-,28+/m0/s1. The molecule has 3 atom stereocenters. The number of hydrogen-bond donors (Lipinski definition) is 5. The lowest BCUT2D eigenvalue weighted by Crippen LogP contribution is -2.62. The zero-order chi connectivity index (χ0) is 33.3. The summed E-state index contributed by atoms with van der Waals surface area (Å²) in [5.41, 5.74) is -1.14. The first-order valence-corrected chi connectivity index (χ1v) is 15.6. The molecule has 13 heteroatoms. The maximum absolute atomic E-state index is 13.7. The summed E-state index contributed by atoms with van der Waals surface area (Å²) in [5.74, 6) is -2.81. The molecule has 1 aliphatic carbocycles. The molecule has 2 aliphatic rings. The molecular weight excluding hydrogens is 597 g/mol. The summed E-state index contributed by atoms with van der Waals surface area (Å²) < 4.78 is 24.6. The van der Waals surface area contributed by atoms with Crippen molar-refractivity contribution in [1.29, 1.82) is 0 Å². The van der Waals surface area contributed by atoms with E-state index in [1.165, 1.54) is 30.3 Å². The van der Waals surface area contributed by atoms with Gasteiger partial charge in [0.25, 0.3) is 5.91 Å². The predicted molar refractivity (Wildman–Crippen MR) is 166 cm³/mol. The summed E-state index contributed by atoms with van der Waals surface area (Å²) in [7, 11) is 0. The minimum absolute atomic E-state index is 0.0245. The van der Waals surface area contributed by atoms with Gasteiger partial charge in [0.15, 0.2) is 0 Å². The van der Waals surface area contributed by atoms with Crippen molar-refractivity contribution in [3.8, 4) is 11.5 Å². The first-order chi connectivity index (χ1) is 22.0. The number of amides is 5. The molecule has 2 aromatic carbocycles. The van der Waals surface area contributed by atoms with Crippen molar-refractivity contribution in [2.75, 3.05) is 19.8 Å². The van der Waals surface area contributed by atoms with E-state index in [1.54, 1.807) is 25.1 Å². The second-order valence-electron chi connectivity index (χ2n) is 12.1. The van der Waals surface area contributed by atoms with Crippen LogP contribution in [0.15, 0.2) is 48.5 Å². The van der Waals surface area contributed by atoms with Crippen LogP contribution < -0.4 is 36.1 Å². The highest BCUT2D eigenvalue weighted by molar-refractivity contribution is 6.01. The monoisotopic (exact) mass is 639 g/mol. The Hall–Kier alpha value is -4.68. The number of ether oxygens (including phenoxy) is 2. The molecule has 46 heavy (non-hydrogen) atoms. The molecule has 0 bridgehead atoms. The van der Waals surface area contributed by atoms with Crippen LogP contribution in [-0.2, 0) is 19.2 Å². The van der Waals surface area contributed by atoms with Gasteiger partial charge >= 0.3 is 0 Å². The van der Waals surface area contributed by atoms with Gasteiger partial charge in [-0.1, -0.05) is 38.8 Å². The zero-order valence-electron chi connectivity index (χ0n) is 26.3. The SMILES string of the molecule is CC(C)[C@H]1NC(=O)C2(CCCC2)NC(=O)C[C@@H](C(=O)NCCOc2ccc(F)cc2)NC(=O)c2ccccc2OC[C@H](C)NC1=O. The third kappa shape index (κ3) is 8.95. The van der Waals surface area contributed by atoms with Gasteiger partial charge < -0.3 is 36.1 Å². The molecular formula is C33H42FN5O7. The topological polar surface area (TPSA) is 164 Å². The summed E-state index contributed by atoms with van der Waals surface area (Å²) in [4.78, 5) is 67.2. The van der Waals surface area contributed by atoms with Gasteiger partial charge in [-0.15, -0.1) is 0 Å². The van der Waals surface area contributed by atoms with Gasteiger partial charge in [0.1, 0.15) is 48.2 Å². The third-order valence-corrected chi connectivity index (χ3v) is 8.01. The van der Waals surface area contributed by atoms with Crippen LogP contribution in [0, 0.1) is 11.7 Å². The van der Waals surface area contributed by atoms with Gasteiger partial charge in [0, 0.05) is 0 Å². The molecule has 1 fully saturated rings. The molecule has 1 heterocycles. The Bertz CT molecular complexity index is 1410. The zero-order valence-corrected chi connectivity index (χ0v) is 26.3. The summed E-state index contributed by atoms with van der Waals surface area (Å²) in [6.45, 7) is 5.48. The Kier molecular flexibility index (Phi) is 11.6. The summed E-state index contributed by atoms with van der Waals surface area (Å²) in [5, 5.41) is 13.9. The quantitative estimate of drug-likeness (QED) is 0.302. The molecule has 1 saturated carbocycles. The molecule has 248 valence electrons. The summed E-state index contributed by atoms with van der Waals surface area (Å²) in [6.07, 6.45) is 1.63. The van der Waals surface area contributed by atoms with Crippen molar-refractivity contribution < 1.29 is 37.8 Å². The number of rotatable bonds is 6. The van der Waals surface area contributed by atoms with Crippen molar-refractivity contribution >= 4 is 29.5 Å². The predicted octanol–water partition coefficient (Wildman–Crippen LogP) is 1.98. The Morgan fingerprint density at radius 2 is 1.72 bits per heavy atom. The molecule has 4 rings (SSSR count). The molecule has 2 aromatic rings. The lowest BCUT2D eigenvalue weighted by atomic mass is 9.93. The lowest BCUT2D eigenvalue weighted by Gasteiger charge is -2.33. The van der Waals surface area contributed by atoms with E-state index in [-0.39, 0.29) is 37.0 Å². The van der Waals surface area contributed by atoms with E-state index in [0.29, 0.717) is 31.4 Å². The van der Waals surface area contributed by atoms with Crippen LogP contribution >= 0.6 is 0 Å².